The Kier molecular flexibility index (Phi) is 8.35. The van der Waals surface area contributed by atoms with Crippen LogP contribution in [0.25, 0.3) is 22.4 Å². The Morgan fingerprint density at radius 2 is 1.49 bits per heavy atom. The quantitative estimate of drug-likeness (QED) is 0.268. The van der Waals surface area contributed by atoms with E-state index >= 15 is 0 Å². The third-order valence-electron chi connectivity index (χ3n) is 7.59. The Morgan fingerprint density at radius 3 is 2.18 bits per heavy atom. The monoisotopic (exact) mass is 555 g/mol. The zero-order chi connectivity index (χ0) is 25.9. The number of rotatable bonds is 7. The molecular formula is C33H31Cl2N3O. The summed E-state index contributed by atoms with van der Waals surface area (Å²) in [7, 11) is 0. The van der Waals surface area contributed by atoms with Crippen LogP contribution in [0, 0.1) is 5.92 Å². The maximum Gasteiger partial charge on any atom is 1.00 e. The highest BCUT2D eigenvalue weighted by Crippen LogP contribution is 2.41. The number of carbonyl (C=O) groups excluding carboxylic acids is 1. The lowest BCUT2D eigenvalue weighted by molar-refractivity contribution is -0.123. The lowest BCUT2D eigenvalue weighted by atomic mass is 9.95. The van der Waals surface area contributed by atoms with Crippen LogP contribution in [-0.4, -0.2) is 15.5 Å². The van der Waals surface area contributed by atoms with Crippen LogP contribution in [0.15, 0.2) is 109 Å². The topological polar surface area (TPSA) is 38.1 Å². The maximum absolute atomic E-state index is 14.9. The Hall–Kier alpha value is -3.60. The molecule has 0 N–H and O–H groups in total. The number of hydrogen-bond acceptors (Lipinski definition) is 2. The fourth-order valence-corrected chi connectivity index (χ4v) is 5.88. The first-order valence-electron chi connectivity index (χ1n) is 13.3. The van der Waals surface area contributed by atoms with Gasteiger partial charge in [0.2, 0.25) is 0 Å². The van der Waals surface area contributed by atoms with Gasteiger partial charge in [-0.05, 0) is 72.9 Å². The molecule has 1 unspecified atom stereocenters. The van der Waals surface area contributed by atoms with Gasteiger partial charge in [-0.3, -0.25) is 4.79 Å². The third kappa shape index (κ3) is 5.59. The number of fused-ring (bicyclic) bond motifs is 1. The van der Waals surface area contributed by atoms with Crippen LogP contribution in [-0.2, 0) is 11.3 Å². The van der Waals surface area contributed by atoms with E-state index in [1.165, 1.54) is 0 Å². The van der Waals surface area contributed by atoms with Crippen molar-refractivity contribution in [3.05, 3.63) is 120 Å². The first-order valence-corrected chi connectivity index (χ1v) is 13.7. The molecule has 1 fully saturated rings. The van der Waals surface area contributed by atoms with Gasteiger partial charge in [0, 0.05) is 16.3 Å². The highest BCUT2D eigenvalue weighted by atomic mass is 35.5. The van der Waals surface area contributed by atoms with Crippen LogP contribution in [0.1, 0.15) is 38.7 Å². The fourth-order valence-electron chi connectivity index (χ4n) is 5.75. The molecule has 0 aliphatic heterocycles. The van der Waals surface area contributed by atoms with Crippen LogP contribution in [0.5, 0.6) is 0 Å². The lowest BCUT2D eigenvalue weighted by Gasteiger charge is -2.33. The molecule has 6 rings (SSSR count). The highest BCUT2D eigenvalue weighted by Gasteiger charge is 2.38. The Labute approximate surface area is 242 Å². The van der Waals surface area contributed by atoms with Crippen molar-refractivity contribution in [2.45, 2.75) is 38.3 Å². The number of hydrogen-bond donors (Lipinski definition) is 0. The summed E-state index contributed by atoms with van der Waals surface area (Å²) in [6.45, 7) is 0.510. The van der Waals surface area contributed by atoms with E-state index < -0.39 is 0 Å². The van der Waals surface area contributed by atoms with E-state index in [-0.39, 0.29) is 31.7 Å². The highest BCUT2D eigenvalue weighted by molar-refractivity contribution is 6.30. The van der Waals surface area contributed by atoms with Crippen LogP contribution in [0.4, 0.5) is 5.69 Å². The number of benzene rings is 4. The summed E-state index contributed by atoms with van der Waals surface area (Å²) in [6.07, 6.45) is 4.33. The molecule has 1 heterocycles. The van der Waals surface area contributed by atoms with Crippen LogP contribution >= 0.6 is 11.6 Å². The van der Waals surface area contributed by atoms with E-state index in [9.17, 15) is 4.79 Å². The van der Waals surface area contributed by atoms with Gasteiger partial charge in [-0.15, -0.1) is 0 Å². The van der Waals surface area contributed by atoms with Crippen LogP contribution in [0.2, 0.25) is 5.02 Å². The molecule has 39 heavy (non-hydrogen) atoms. The predicted molar refractivity (Wildman–Crippen MR) is 156 cm³/mol. The van der Waals surface area contributed by atoms with Crippen LogP contribution in [0.3, 0.4) is 0 Å². The van der Waals surface area contributed by atoms with Gasteiger partial charge in [-0.2, -0.15) is 0 Å². The molecular weight excluding hydrogens is 525 g/mol. The minimum absolute atomic E-state index is 0. The lowest BCUT2D eigenvalue weighted by Crippen LogP contribution is -3.00. The first kappa shape index (κ1) is 27.0. The van der Waals surface area contributed by atoms with Gasteiger partial charge in [0.05, 0.1) is 17.6 Å². The minimum atomic E-state index is -0.375. The van der Waals surface area contributed by atoms with Crippen molar-refractivity contribution in [3.63, 3.8) is 0 Å². The molecule has 1 aliphatic carbocycles. The molecule has 1 saturated carbocycles. The van der Waals surface area contributed by atoms with E-state index in [0.717, 1.165) is 59.4 Å². The summed E-state index contributed by atoms with van der Waals surface area (Å²) in [5, 5.41) is 0.679. The Bertz CT molecular complexity index is 1540. The second kappa shape index (κ2) is 12.1. The number of amides is 1. The number of nitrogens with zero attached hydrogens (tertiary/aromatic N) is 3. The molecule has 1 amide bonds. The molecule has 5 aromatic rings. The van der Waals surface area contributed by atoms with E-state index in [1.807, 2.05) is 95.9 Å². The summed E-state index contributed by atoms with van der Waals surface area (Å²) in [5.74, 6) is 1.14. The molecule has 0 spiro atoms. The number of imidazole rings is 1. The smallest absolute Gasteiger partial charge is 1.00 e. The number of carbonyl (C=O) groups is 1. The summed E-state index contributed by atoms with van der Waals surface area (Å²) < 4.78 is 2.21. The molecule has 198 valence electrons. The van der Waals surface area contributed by atoms with Gasteiger partial charge < -0.3 is 21.9 Å². The van der Waals surface area contributed by atoms with Gasteiger partial charge in [-0.1, -0.05) is 85.1 Å². The zero-order valence-electron chi connectivity index (χ0n) is 22.6. The van der Waals surface area contributed by atoms with Gasteiger partial charge in [0.1, 0.15) is 11.9 Å². The maximum atomic E-state index is 14.9. The number of para-hydroxylation sites is 3. The molecule has 0 radical (unpaired) electrons. The van der Waals surface area contributed by atoms with Crippen molar-refractivity contribution in [1.29, 1.82) is 0 Å². The fraction of sp³-hybridized carbons (Fsp3) is 0.212. The van der Waals surface area contributed by atoms with Crippen molar-refractivity contribution in [2.75, 3.05) is 4.90 Å². The third-order valence-corrected chi connectivity index (χ3v) is 7.85. The largest absolute Gasteiger partial charge is 1.00 e. The van der Waals surface area contributed by atoms with E-state index in [2.05, 4.69) is 22.8 Å². The Morgan fingerprint density at radius 1 is 0.872 bits per heavy atom. The molecule has 0 saturated heterocycles. The van der Waals surface area contributed by atoms with E-state index in [1.54, 1.807) is 0 Å². The second-order valence-corrected chi connectivity index (χ2v) is 10.5. The average molecular weight is 557 g/mol. The SMILES string of the molecule is O=C(C(C1CCCC1)n1c(-c2ccc(Cl)cc2)nc2ccccc21)N(Cc1ccccc1)c1ccccc1.[Cl-].[H+]. The first-order chi connectivity index (χ1) is 18.7. The summed E-state index contributed by atoms with van der Waals surface area (Å²) in [5.41, 5.74) is 4.83. The van der Waals surface area contributed by atoms with E-state index in [4.69, 9.17) is 16.6 Å². The molecule has 4 aromatic carbocycles. The van der Waals surface area contributed by atoms with Crippen molar-refractivity contribution >= 4 is 34.2 Å². The summed E-state index contributed by atoms with van der Waals surface area (Å²) >= 11 is 6.23. The average Bonchev–Trinajstić information content (AvgIpc) is 3.63. The minimum Gasteiger partial charge on any atom is -1.00 e. The number of halogens is 2. The van der Waals surface area contributed by atoms with Crippen molar-refractivity contribution in [2.24, 2.45) is 5.92 Å². The molecule has 1 aromatic heterocycles. The van der Waals surface area contributed by atoms with Crippen molar-refractivity contribution in [1.82, 2.24) is 9.55 Å². The summed E-state index contributed by atoms with van der Waals surface area (Å²) in [6, 6.07) is 35.8. The van der Waals surface area contributed by atoms with E-state index in [0.29, 0.717) is 11.6 Å². The molecule has 4 nitrogen and oxygen atoms in total. The normalized spacial score (nSPS) is 14.2. The van der Waals surface area contributed by atoms with Gasteiger partial charge in [0.25, 0.3) is 5.91 Å². The second-order valence-electron chi connectivity index (χ2n) is 10.0. The van der Waals surface area contributed by atoms with Crippen LogP contribution < -0.4 is 17.3 Å². The summed E-state index contributed by atoms with van der Waals surface area (Å²) in [4.78, 5) is 21.9. The van der Waals surface area contributed by atoms with Gasteiger partial charge >= 0.3 is 1.43 Å². The van der Waals surface area contributed by atoms with Gasteiger partial charge in [-0.25, -0.2) is 4.98 Å². The number of aromatic nitrogens is 2. The molecule has 0 bridgehead atoms. The predicted octanol–water partition coefficient (Wildman–Crippen LogP) is 5.44. The number of anilines is 1. The molecule has 6 heteroatoms. The molecule has 1 atom stereocenters. The van der Waals surface area contributed by atoms with Gasteiger partial charge in [0.15, 0.2) is 0 Å². The van der Waals surface area contributed by atoms with Crippen molar-refractivity contribution < 1.29 is 18.6 Å². The zero-order valence-corrected chi connectivity index (χ0v) is 23.1. The van der Waals surface area contributed by atoms with Crippen molar-refractivity contribution in [3.8, 4) is 11.4 Å². The Balaban J connectivity index is 0.00000185. The molecule has 1 aliphatic rings. The standard InChI is InChI=1S/C33H30ClN3O.ClH/c34-27-21-19-26(20-22-27)32-35-29-17-9-10-18-30(29)37(32)31(25-13-7-8-14-25)33(38)36(28-15-5-2-6-16-28)23-24-11-3-1-4-12-24;/h1-6,9-12,15-22,25,31H,7-8,13-14,23H2;1H.